The maximum atomic E-state index is 7.94. The van der Waals surface area contributed by atoms with Gasteiger partial charge in [0.05, 0.1) is 5.48 Å². The Bertz CT molecular complexity index is 528. The molecule has 2 N–H and O–H groups in total. The highest BCUT2D eigenvalue weighted by Crippen LogP contribution is 2.15. The summed E-state index contributed by atoms with van der Waals surface area (Å²) in [4.78, 5) is 0. The average molecular weight is 146 g/mol. The van der Waals surface area contributed by atoms with Crippen LogP contribution in [0.15, 0.2) is 24.2 Å². The lowest BCUT2D eigenvalue weighted by Gasteiger charge is -2.04. The molecule has 1 nitrogen and oxygen atoms in total. The van der Waals surface area contributed by atoms with Crippen LogP contribution < -0.4 is 5.73 Å². The summed E-state index contributed by atoms with van der Waals surface area (Å²) in [6.07, 6.45) is 0. The minimum absolute atomic E-state index is 0.629. The summed E-state index contributed by atoms with van der Waals surface area (Å²) in [5.74, 6) is -3.29. The van der Waals surface area contributed by atoms with Crippen LogP contribution >= 0.6 is 0 Å². The van der Waals surface area contributed by atoms with Crippen molar-refractivity contribution in [3.05, 3.63) is 29.7 Å². The van der Waals surface area contributed by atoms with Crippen LogP contribution in [0.2, 0.25) is 0 Å². The molecule has 0 aliphatic carbocycles. The van der Waals surface area contributed by atoms with E-state index in [2.05, 4.69) is 0 Å². The molecule has 1 aromatic carbocycles. The van der Waals surface area contributed by atoms with Gasteiger partial charge in [0.25, 0.3) is 0 Å². The number of nitrogens with two attached hydrogens (primary N) is 1. The van der Waals surface area contributed by atoms with Gasteiger partial charge in [-0.05, 0) is 23.5 Å². The van der Waals surface area contributed by atoms with Crippen molar-refractivity contribution in [1.29, 1.82) is 0 Å². The zero-order chi connectivity index (χ0) is 17.0. The van der Waals surface area contributed by atoms with Gasteiger partial charge in [-0.2, -0.15) is 0 Å². The number of hydrogen-bond donors (Lipinski definition) is 1. The van der Waals surface area contributed by atoms with Crippen LogP contribution in [0.3, 0.4) is 0 Å². The van der Waals surface area contributed by atoms with Crippen LogP contribution in [0.4, 0.5) is 5.69 Å². The molecule has 0 aliphatic rings. The highest BCUT2D eigenvalue weighted by atomic mass is 14.5. The van der Waals surface area contributed by atoms with Gasteiger partial charge in [0, 0.05) is 15.3 Å². The van der Waals surface area contributed by atoms with Crippen LogP contribution in [0.5, 0.6) is 0 Å². The first kappa shape index (κ1) is 1.45. The minimum atomic E-state index is -3.38. The van der Waals surface area contributed by atoms with E-state index in [0.717, 1.165) is 0 Å². The molecule has 54 valence electrons. The standard InChI is InChI=1S/C9H13N/c1-7(2)8-4-3-5-9(10)6-8/h3-7H,10H2,1-2H3/i1D3,2D3,3D,4D,5D,6D,7D. The van der Waals surface area contributed by atoms with E-state index in [1.807, 2.05) is 0 Å². The summed E-state index contributed by atoms with van der Waals surface area (Å²) >= 11 is 0. The molecule has 0 unspecified atom stereocenters. The Kier molecular flexibility index (Phi) is 0.396. The number of benzene rings is 1. The molecule has 0 bridgehead atoms. The van der Waals surface area contributed by atoms with Gasteiger partial charge in [0.15, 0.2) is 0 Å². The van der Waals surface area contributed by atoms with E-state index in [-0.39, 0.29) is 0 Å². The molecule has 0 heterocycles. The van der Waals surface area contributed by atoms with Crippen LogP contribution in [0.25, 0.3) is 0 Å². The summed E-state index contributed by atoms with van der Waals surface area (Å²) in [5, 5.41) is 0. The first-order chi connectivity index (χ1) is 9.18. The van der Waals surface area contributed by atoms with E-state index >= 15 is 0 Å². The van der Waals surface area contributed by atoms with Crippen molar-refractivity contribution in [2.75, 3.05) is 5.73 Å². The van der Waals surface area contributed by atoms with Gasteiger partial charge in [-0.25, -0.2) is 0 Å². The summed E-state index contributed by atoms with van der Waals surface area (Å²) in [7, 11) is 0. The van der Waals surface area contributed by atoms with Crippen molar-refractivity contribution in [1.82, 2.24) is 0 Å². The number of anilines is 1. The maximum Gasteiger partial charge on any atom is 0.0648 e. The van der Waals surface area contributed by atoms with Gasteiger partial charge in [-0.15, -0.1) is 0 Å². The second kappa shape index (κ2) is 2.74. The Labute approximate surface area is 77.3 Å². The van der Waals surface area contributed by atoms with Crippen LogP contribution in [-0.2, 0) is 0 Å². The molecule has 0 amide bonds. The lowest BCUT2D eigenvalue weighted by atomic mass is 10.0. The first-order valence-electron chi connectivity index (χ1n) is 8.04. The highest BCUT2D eigenvalue weighted by molar-refractivity contribution is 5.41. The van der Waals surface area contributed by atoms with Crippen molar-refractivity contribution >= 4 is 5.69 Å². The van der Waals surface area contributed by atoms with E-state index in [0.29, 0.717) is 0 Å². The van der Waals surface area contributed by atoms with Gasteiger partial charge >= 0.3 is 0 Å². The Balaban J connectivity index is 3.96. The smallest absolute Gasteiger partial charge is 0.0648 e. The quantitative estimate of drug-likeness (QED) is 0.605. The van der Waals surface area contributed by atoms with Gasteiger partial charge in [-0.3, -0.25) is 0 Å². The van der Waals surface area contributed by atoms with Crippen LogP contribution in [0, 0.1) is 0 Å². The average Bonchev–Trinajstić information content (AvgIpc) is 2.31. The number of hydrogen-bond acceptors (Lipinski definition) is 1. The van der Waals surface area contributed by atoms with Crippen LogP contribution in [0.1, 0.15) is 40.2 Å². The van der Waals surface area contributed by atoms with E-state index in [1.165, 1.54) is 0 Å². The fraction of sp³-hybridized carbons (Fsp3) is 0.333. The zero-order valence-corrected chi connectivity index (χ0v) is 5.08. The van der Waals surface area contributed by atoms with Crippen molar-refractivity contribution < 1.29 is 15.1 Å². The molecule has 0 aliphatic heterocycles. The summed E-state index contributed by atoms with van der Waals surface area (Å²) in [6.45, 7) is -6.77. The number of rotatable bonds is 1. The molecule has 0 atom stereocenters. The fourth-order valence-corrected chi connectivity index (χ4v) is 0.483. The Morgan fingerprint density at radius 3 is 3.20 bits per heavy atom. The third kappa shape index (κ3) is 1.50. The second-order valence-electron chi connectivity index (χ2n) is 1.66. The SMILES string of the molecule is [2H]c1c([2H])c(N)c([2H])c(C([2H])(C([2H])([2H])[2H])C([2H])([2H])[2H])c1[2H]. The molecule has 0 radical (unpaired) electrons. The third-order valence-electron chi connectivity index (χ3n) is 0.894. The molecule has 10 heavy (non-hydrogen) atoms. The lowest BCUT2D eigenvalue weighted by molar-refractivity contribution is 0.867. The van der Waals surface area contributed by atoms with E-state index in [9.17, 15) is 0 Å². The monoisotopic (exact) mass is 146 g/mol. The first-order valence-corrected chi connectivity index (χ1v) is 2.54. The molecule has 0 aromatic heterocycles. The predicted octanol–water partition coefficient (Wildman–Crippen LogP) is 2.39. The molecule has 1 heteroatoms. The van der Waals surface area contributed by atoms with Gasteiger partial charge < -0.3 is 5.73 Å². The Morgan fingerprint density at radius 2 is 2.50 bits per heavy atom. The summed E-state index contributed by atoms with van der Waals surface area (Å²) in [6, 6.07) is -3.33. The van der Waals surface area contributed by atoms with Gasteiger partial charge in [-0.1, -0.05) is 25.8 Å². The van der Waals surface area contributed by atoms with E-state index in [1.54, 1.807) is 0 Å². The van der Waals surface area contributed by atoms with E-state index in [4.69, 9.17) is 20.8 Å². The lowest BCUT2D eigenvalue weighted by Crippen LogP contribution is -1.89. The summed E-state index contributed by atoms with van der Waals surface area (Å²) in [5.41, 5.74) is 3.79. The Morgan fingerprint density at radius 1 is 1.70 bits per heavy atom. The van der Waals surface area contributed by atoms with Gasteiger partial charge in [0.2, 0.25) is 0 Å². The molecule has 0 saturated heterocycles. The summed E-state index contributed by atoms with van der Waals surface area (Å²) < 4.78 is 82.3. The Hall–Kier alpha value is -0.980. The normalized spacial score (nSPS) is 29.8. The second-order valence-corrected chi connectivity index (χ2v) is 1.66. The molecule has 0 saturated carbocycles. The van der Waals surface area contributed by atoms with Crippen molar-refractivity contribution in [2.24, 2.45) is 0 Å². The van der Waals surface area contributed by atoms with Crippen molar-refractivity contribution in [2.45, 2.75) is 19.6 Å². The largest absolute Gasteiger partial charge is 0.399 e. The minimum Gasteiger partial charge on any atom is -0.399 e. The highest BCUT2D eigenvalue weighted by Gasteiger charge is 1.96. The topological polar surface area (TPSA) is 26.0 Å². The maximum absolute atomic E-state index is 7.94. The molecular formula is C9H13N. The molecule has 1 aromatic rings. The van der Waals surface area contributed by atoms with Crippen LogP contribution in [-0.4, -0.2) is 0 Å². The number of nitrogen functional groups attached to an aromatic ring is 1. The fourth-order valence-electron chi connectivity index (χ4n) is 0.483. The predicted molar refractivity (Wildman–Crippen MR) is 44.9 cm³/mol. The van der Waals surface area contributed by atoms with Gasteiger partial charge in [0.1, 0.15) is 0 Å². The molecule has 0 fully saturated rings. The third-order valence-corrected chi connectivity index (χ3v) is 0.894. The van der Waals surface area contributed by atoms with E-state index < -0.39 is 55.0 Å². The molecule has 0 spiro atoms. The van der Waals surface area contributed by atoms with Crippen molar-refractivity contribution in [3.63, 3.8) is 0 Å². The van der Waals surface area contributed by atoms with Crippen molar-refractivity contribution in [3.8, 4) is 0 Å². The molecular weight excluding hydrogens is 122 g/mol. The molecule has 1 rings (SSSR count). The zero-order valence-electron chi connectivity index (χ0n) is 16.1.